The number of carbonyl (C=O) groups is 1. The van der Waals surface area contributed by atoms with Gasteiger partial charge in [0.25, 0.3) is 0 Å². The maximum atomic E-state index is 12.3. The van der Waals surface area contributed by atoms with E-state index in [1.165, 1.54) is 12.0 Å². The third-order valence-electron chi connectivity index (χ3n) is 3.91. The van der Waals surface area contributed by atoms with Crippen molar-refractivity contribution >= 4 is 17.5 Å². The van der Waals surface area contributed by atoms with Gasteiger partial charge in [0.1, 0.15) is 17.6 Å². The molecular formula is C13H18N4O5. The summed E-state index contributed by atoms with van der Waals surface area (Å²) < 4.78 is 10.2. The maximum Gasteiger partial charge on any atom is 0.331 e. The fraction of sp³-hybridized carbons (Fsp3) is 0.615. The highest BCUT2D eigenvalue weighted by molar-refractivity contribution is 5.86. The van der Waals surface area contributed by atoms with E-state index in [2.05, 4.69) is 9.97 Å². The Morgan fingerprint density at radius 3 is 2.68 bits per heavy atom. The van der Waals surface area contributed by atoms with E-state index in [0.29, 0.717) is 31.9 Å². The summed E-state index contributed by atoms with van der Waals surface area (Å²) in [5.41, 5.74) is -1.28. The van der Waals surface area contributed by atoms with Crippen LogP contribution in [0.4, 0.5) is 11.5 Å². The number of ether oxygens (including phenoxy) is 2. The monoisotopic (exact) mass is 310 g/mol. The SMILES string of the molecule is COC(=O)C1(N(C)c2nc(C)ncc2[N+](=O)[O-])CCOCC1. The van der Waals surface area contributed by atoms with Crippen LogP contribution in [-0.4, -0.2) is 53.8 Å². The smallest absolute Gasteiger partial charge is 0.331 e. The second-order valence-electron chi connectivity index (χ2n) is 5.08. The van der Waals surface area contributed by atoms with Gasteiger partial charge in [-0.3, -0.25) is 10.1 Å². The molecule has 0 unspecified atom stereocenters. The fourth-order valence-corrected chi connectivity index (χ4v) is 2.61. The molecule has 0 atom stereocenters. The first-order valence-corrected chi connectivity index (χ1v) is 6.80. The van der Waals surface area contributed by atoms with Crippen molar-refractivity contribution in [3.8, 4) is 0 Å². The van der Waals surface area contributed by atoms with Crippen LogP contribution in [0.1, 0.15) is 18.7 Å². The number of likely N-dealkylation sites (N-methyl/N-ethyl adjacent to an activating group) is 1. The number of aryl methyl sites for hydroxylation is 1. The van der Waals surface area contributed by atoms with Crippen molar-refractivity contribution in [1.29, 1.82) is 0 Å². The summed E-state index contributed by atoms with van der Waals surface area (Å²) in [6.45, 7) is 2.38. The molecule has 9 heteroatoms. The van der Waals surface area contributed by atoms with E-state index in [1.54, 1.807) is 14.0 Å². The van der Waals surface area contributed by atoms with Crippen molar-refractivity contribution < 1.29 is 19.2 Å². The molecule has 0 N–H and O–H groups in total. The van der Waals surface area contributed by atoms with Gasteiger partial charge in [-0.1, -0.05) is 0 Å². The first-order valence-electron chi connectivity index (χ1n) is 6.80. The summed E-state index contributed by atoms with van der Waals surface area (Å²) in [5, 5.41) is 11.2. The normalized spacial score (nSPS) is 16.9. The van der Waals surface area contributed by atoms with Crippen molar-refractivity contribution in [3.05, 3.63) is 22.1 Å². The molecular weight excluding hydrogens is 292 g/mol. The zero-order valence-electron chi connectivity index (χ0n) is 12.7. The van der Waals surface area contributed by atoms with E-state index >= 15 is 0 Å². The molecule has 0 aromatic carbocycles. The maximum absolute atomic E-state index is 12.3. The zero-order valence-corrected chi connectivity index (χ0v) is 12.7. The number of hydrogen-bond acceptors (Lipinski definition) is 8. The van der Waals surface area contributed by atoms with E-state index in [0.717, 1.165) is 6.20 Å². The first-order chi connectivity index (χ1) is 10.4. The van der Waals surface area contributed by atoms with Crippen LogP contribution in [0.2, 0.25) is 0 Å². The predicted octanol–water partition coefficient (Wildman–Crippen LogP) is 0.852. The van der Waals surface area contributed by atoms with Gasteiger partial charge in [-0.25, -0.2) is 14.8 Å². The van der Waals surface area contributed by atoms with Crippen molar-refractivity contribution in [3.63, 3.8) is 0 Å². The minimum atomic E-state index is -1.03. The number of rotatable bonds is 4. The lowest BCUT2D eigenvalue weighted by molar-refractivity contribution is -0.384. The van der Waals surface area contributed by atoms with Crippen molar-refractivity contribution in [1.82, 2.24) is 9.97 Å². The summed E-state index contributed by atoms with van der Waals surface area (Å²) in [5.74, 6) is 0.0354. The van der Waals surface area contributed by atoms with Gasteiger partial charge in [-0.15, -0.1) is 0 Å². The molecule has 1 aliphatic heterocycles. The highest BCUT2D eigenvalue weighted by Crippen LogP contribution is 2.35. The van der Waals surface area contributed by atoms with Gasteiger partial charge < -0.3 is 14.4 Å². The van der Waals surface area contributed by atoms with Crippen molar-refractivity contribution in [2.75, 3.05) is 32.3 Å². The Morgan fingerprint density at radius 1 is 1.50 bits per heavy atom. The van der Waals surface area contributed by atoms with Gasteiger partial charge in [0.15, 0.2) is 0 Å². The van der Waals surface area contributed by atoms with Crippen LogP contribution in [0.25, 0.3) is 0 Å². The van der Waals surface area contributed by atoms with Gasteiger partial charge in [-0.2, -0.15) is 0 Å². The van der Waals surface area contributed by atoms with Gasteiger partial charge in [0.05, 0.1) is 12.0 Å². The van der Waals surface area contributed by atoms with E-state index in [9.17, 15) is 14.9 Å². The molecule has 2 rings (SSSR count). The highest BCUT2D eigenvalue weighted by Gasteiger charge is 2.47. The summed E-state index contributed by atoms with van der Waals surface area (Å²) in [4.78, 5) is 32.5. The lowest BCUT2D eigenvalue weighted by atomic mass is 9.88. The molecule has 0 spiro atoms. The summed E-state index contributed by atoms with van der Waals surface area (Å²) >= 11 is 0. The molecule has 0 radical (unpaired) electrons. The topological polar surface area (TPSA) is 108 Å². The molecule has 22 heavy (non-hydrogen) atoms. The van der Waals surface area contributed by atoms with Crippen molar-refractivity contribution in [2.24, 2.45) is 0 Å². The average molecular weight is 310 g/mol. The number of methoxy groups -OCH3 is 1. The Balaban J connectivity index is 2.51. The summed E-state index contributed by atoms with van der Waals surface area (Å²) in [6, 6.07) is 0. The van der Waals surface area contributed by atoms with Crippen LogP contribution in [-0.2, 0) is 14.3 Å². The Morgan fingerprint density at radius 2 is 2.14 bits per heavy atom. The second kappa shape index (κ2) is 6.22. The standard InChI is InChI=1S/C13H18N4O5/c1-9-14-8-10(17(19)20)11(15-9)16(2)13(12(18)21-3)4-6-22-7-5-13/h8H,4-7H2,1-3H3. The number of anilines is 1. The van der Waals surface area contributed by atoms with E-state index in [1.807, 2.05) is 0 Å². The van der Waals surface area contributed by atoms with Crippen LogP contribution in [0, 0.1) is 17.0 Å². The minimum absolute atomic E-state index is 0.102. The molecule has 2 heterocycles. The van der Waals surface area contributed by atoms with Gasteiger partial charge >= 0.3 is 11.7 Å². The fourth-order valence-electron chi connectivity index (χ4n) is 2.61. The molecule has 120 valence electrons. The van der Waals surface area contributed by atoms with Crippen LogP contribution in [0.15, 0.2) is 6.20 Å². The van der Waals surface area contributed by atoms with Gasteiger partial charge in [0, 0.05) is 33.1 Å². The largest absolute Gasteiger partial charge is 0.467 e. The predicted molar refractivity (Wildman–Crippen MR) is 76.6 cm³/mol. The number of nitro groups is 1. The molecule has 0 amide bonds. The third-order valence-corrected chi connectivity index (χ3v) is 3.91. The number of aromatic nitrogens is 2. The number of hydrogen-bond donors (Lipinski definition) is 0. The zero-order chi connectivity index (χ0) is 16.3. The van der Waals surface area contributed by atoms with Gasteiger partial charge in [-0.05, 0) is 6.92 Å². The molecule has 0 aliphatic carbocycles. The summed E-state index contributed by atoms with van der Waals surface area (Å²) in [6.07, 6.45) is 1.89. The van der Waals surface area contributed by atoms with E-state index in [-0.39, 0.29) is 11.5 Å². The lowest BCUT2D eigenvalue weighted by Gasteiger charge is -2.41. The molecule has 1 aromatic heterocycles. The van der Waals surface area contributed by atoms with Crippen molar-refractivity contribution in [2.45, 2.75) is 25.3 Å². The number of nitrogens with zero attached hydrogens (tertiary/aromatic N) is 4. The molecule has 0 saturated carbocycles. The second-order valence-corrected chi connectivity index (χ2v) is 5.08. The van der Waals surface area contributed by atoms with Crippen LogP contribution in [0.3, 0.4) is 0 Å². The Bertz CT molecular complexity index is 586. The average Bonchev–Trinajstić information content (AvgIpc) is 2.53. The molecule has 1 saturated heterocycles. The molecule has 1 fully saturated rings. The molecule has 1 aromatic rings. The highest BCUT2D eigenvalue weighted by atomic mass is 16.6. The Kier molecular flexibility index (Phi) is 4.55. The molecule has 1 aliphatic rings. The quantitative estimate of drug-likeness (QED) is 0.457. The van der Waals surface area contributed by atoms with E-state index < -0.39 is 16.4 Å². The van der Waals surface area contributed by atoms with E-state index in [4.69, 9.17) is 9.47 Å². The molecule has 9 nitrogen and oxygen atoms in total. The third kappa shape index (κ3) is 2.71. The summed E-state index contributed by atoms with van der Waals surface area (Å²) in [7, 11) is 2.91. The van der Waals surface area contributed by atoms with Crippen LogP contribution < -0.4 is 4.90 Å². The Hall–Kier alpha value is -2.29. The van der Waals surface area contributed by atoms with Crippen LogP contribution >= 0.6 is 0 Å². The molecule has 0 bridgehead atoms. The van der Waals surface area contributed by atoms with Gasteiger partial charge in [0.2, 0.25) is 5.82 Å². The number of esters is 1. The lowest BCUT2D eigenvalue weighted by Crippen LogP contribution is -2.57. The van der Waals surface area contributed by atoms with Crippen LogP contribution in [0.5, 0.6) is 0 Å². The minimum Gasteiger partial charge on any atom is -0.467 e. The first kappa shape index (κ1) is 16.1. The Labute approximate surface area is 127 Å². The number of carbonyl (C=O) groups excluding carboxylic acids is 1.